The van der Waals surface area contributed by atoms with Crippen LogP contribution in [0.25, 0.3) is 0 Å². The van der Waals surface area contributed by atoms with Crippen molar-refractivity contribution >= 4 is 11.7 Å². The number of benzene rings is 2. The molecule has 2 aromatic rings. The van der Waals surface area contributed by atoms with Crippen LogP contribution >= 0.6 is 0 Å². The fraction of sp³-hybridized carbons (Fsp3) is 0.409. The van der Waals surface area contributed by atoms with Crippen LogP contribution in [0.1, 0.15) is 61.7 Å². The van der Waals surface area contributed by atoms with E-state index in [9.17, 15) is 4.79 Å². The van der Waals surface area contributed by atoms with Crippen molar-refractivity contribution in [3.05, 3.63) is 64.7 Å². The van der Waals surface area contributed by atoms with Gasteiger partial charge in [0.2, 0.25) is 0 Å². The monoisotopic (exact) mass is 337 g/mol. The maximum atomic E-state index is 10.9. The van der Waals surface area contributed by atoms with Crippen LogP contribution in [0.3, 0.4) is 0 Å². The molecule has 3 nitrogen and oxygen atoms in total. The van der Waals surface area contributed by atoms with Crippen LogP contribution in [0, 0.1) is 5.92 Å². The maximum Gasteiger partial charge on any atom is 0.335 e. The van der Waals surface area contributed by atoms with Crippen molar-refractivity contribution in [2.75, 3.05) is 5.32 Å². The number of carboxylic acids is 1. The van der Waals surface area contributed by atoms with Crippen molar-refractivity contribution < 1.29 is 9.90 Å². The number of fused-ring (bicyclic) bond motifs is 1. The summed E-state index contributed by atoms with van der Waals surface area (Å²) in [6.07, 6.45) is 0. The predicted molar refractivity (Wildman–Crippen MR) is 102 cm³/mol. The second-order valence-electron chi connectivity index (χ2n) is 8.28. The van der Waals surface area contributed by atoms with Crippen LogP contribution in [-0.2, 0) is 17.4 Å². The van der Waals surface area contributed by atoms with Crippen molar-refractivity contribution in [3.8, 4) is 0 Å². The molecule has 2 aromatic carbocycles. The highest BCUT2D eigenvalue weighted by Gasteiger charge is 2.48. The number of anilines is 1. The summed E-state index contributed by atoms with van der Waals surface area (Å²) in [6, 6.07) is 13.7. The molecule has 3 heteroatoms. The number of carboxylic acid groups (broad SMARTS) is 1. The number of aromatic carboxylic acids is 1. The second kappa shape index (κ2) is 5.91. The predicted octanol–water partition coefficient (Wildman–Crippen LogP) is 5.20. The zero-order valence-corrected chi connectivity index (χ0v) is 15.7. The molecule has 25 heavy (non-hydrogen) atoms. The topological polar surface area (TPSA) is 49.3 Å². The maximum absolute atomic E-state index is 10.9. The Hall–Kier alpha value is -2.29. The van der Waals surface area contributed by atoms with Gasteiger partial charge in [-0.1, -0.05) is 52.8 Å². The summed E-state index contributed by atoms with van der Waals surface area (Å²) in [5, 5.41) is 12.4. The third kappa shape index (κ3) is 2.92. The Balaban J connectivity index is 1.80. The van der Waals surface area contributed by atoms with Crippen molar-refractivity contribution in [1.29, 1.82) is 0 Å². The van der Waals surface area contributed by atoms with Crippen molar-refractivity contribution in [2.45, 2.75) is 52.0 Å². The molecule has 132 valence electrons. The van der Waals surface area contributed by atoms with E-state index in [2.05, 4.69) is 58.1 Å². The summed E-state index contributed by atoms with van der Waals surface area (Å²) in [7, 11) is 0. The Labute approximate surface area is 150 Å². The highest BCUT2D eigenvalue weighted by Crippen LogP contribution is 2.53. The van der Waals surface area contributed by atoms with Gasteiger partial charge in [-0.2, -0.15) is 0 Å². The molecule has 1 unspecified atom stereocenters. The van der Waals surface area contributed by atoms with Crippen LogP contribution in [-0.4, -0.2) is 11.1 Å². The van der Waals surface area contributed by atoms with E-state index in [1.54, 1.807) is 12.1 Å². The molecule has 0 saturated carbocycles. The summed E-state index contributed by atoms with van der Waals surface area (Å²) >= 11 is 0. The standard InChI is InChI=1S/C22H27NO2/c1-14-21(2,3)18-11-10-17(12-19(18)22(14,4)5)23-13-15-6-8-16(9-7-15)20(24)25/h6-12,14,23H,13H2,1-5H3,(H,24,25). The molecule has 1 aliphatic carbocycles. The quantitative estimate of drug-likeness (QED) is 0.806. The third-order valence-electron chi connectivity index (χ3n) is 6.27. The van der Waals surface area contributed by atoms with Gasteiger partial charge in [0.05, 0.1) is 5.56 Å². The van der Waals surface area contributed by atoms with Crippen LogP contribution in [0.15, 0.2) is 42.5 Å². The normalized spacial score (nSPS) is 20.1. The van der Waals surface area contributed by atoms with Gasteiger partial charge in [-0.15, -0.1) is 0 Å². The lowest BCUT2D eigenvalue weighted by Gasteiger charge is -2.32. The summed E-state index contributed by atoms with van der Waals surface area (Å²) < 4.78 is 0. The van der Waals surface area contributed by atoms with Crippen molar-refractivity contribution in [3.63, 3.8) is 0 Å². The first-order valence-corrected chi connectivity index (χ1v) is 8.85. The first-order valence-electron chi connectivity index (χ1n) is 8.85. The lowest BCUT2D eigenvalue weighted by atomic mass is 9.71. The zero-order valence-electron chi connectivity index (χ0n) is 15.7. The molecule has 0 saturated heterocycles. The molecule has 1 aliphatic rings. The number of hydrogen-bond donors (Lipinski definition) is 2. The fourth-order valence-corrected chi connectivity index (χ4v) is 4.09. The average Bonchev–Trinajstić information content (AvgIpc) is 2.71. The van der Waals surface area contributed by atoms with E-state index in [-0.39, 0.29) is 10.8 Å². The Morgan fingerprint density at radius 1 is 1.00 bits per heavy atom. The highest BCUT2D eigenvalue weighted by atomic mass is 16.4. The first kappa shape index (κ1) is 17.5. The molecule has 3 rings (SSSR count). The van der Waals surface area contributed by atoms with Gasteiger partial charge in [0, 0.05) is 12.2 Å². The van der Waals surface area contributed by atoms with E-state index >= 15 is 0 Å². The first-order chi connectivity index (χ1) is 11.6. The molecule has 0 radical (unpaired) electrons. The van der Waals surface area contributed by atoms with Gasteiger partial charge < -0.3 is 10.4 Å². The Kier molecular flexibility index (Phi) is 4.14. The van der Waals surface area contributed by atoms with Crippen molar-refractivity contribution in [2.24, 2.45) is 5.92 Å². The lowest BCUT2D eigenvalue weighted by molar-refractivity contribution is 0.0697. The van der Waals surface area contributed by atoms with Crippen LogP contribution in [0.2, 0.25) is 0 Å². The number of nitrogens with one attached hydrogen (secondary N) is 1. The number of hydrogen-bond acceptors (Lipinski definition) is 2. The lowest BCUT2D eigenvalue weighted by Crippen LogP contribution is -2.30. The van der Waals surface area contributed by atoms with Gasteiger partial charge in [0.25, 0.3) is 0 Å². The molecule has 0 aromatic heterocycles. The number of carbonyl (C=O) groups is 1. The molecule has 0 aliphatic heterocycles. The molecule has 0 spiro atoms. The van der Waals surface area contributed by atoms with Gasteiger partial charge in [-0.3, -0.25) is 0 Å². The van der Waals surface area contributed by atoms with E-state index in [0.717, 1.165) is 11.3 Å². The van der Waals surface area contributed by atoms with E-state index in [0.29, 0.717) is 18.0 Å². The molecule has 0 amide bonds. The average molecular weight is 337 g/mol. The SMILES string of the molecule is CC1C(C)(C)c2ccc(NCc3ccc(C(=O)O)cc3)cc2C1(C)C. The molecular weight excluding hydrogens is 310 g/mol. The minimum absolute atomic E-state index is 0.152. The van der Waals surface area contributed by atoms with E-state index < -0.39 is 5.97 Å². The van der Waals surface area contributed by atoms with Crippen LogP contribution in [0.4, 0.5) is 5.69 Å². The van der Waals surface area contributed by atoms with E-state index in [4.69, 9.17) is 5.11 Å². The molecule has 2 N–H and O–H groups in total. The summed E-state index contributed by atoms with van der Waals surface area (Å²) in [5.41, 5.74) is 5.71. The smallest absolute Gasteiger partial charge is 0.335 e. The summed E-state index contributed by atoms with van der Waals surface area (Å²) in [6.45, 7) is 12.4. The Morgan fingerprint density at radius 2 is 1.60 bits per heavy atom. The summed E-state index contributed by atoms with van der Waals surface area (Å²) in [4.78, 5) is 10.9. The third-order valence-corrected chi connectivity index (χ3v) is 6.27. The van der Waals surface area contributed by atoms with Crippen LogP contribution in [0.5, 0.6) is 0 Å². The minimum atomic E-state index is -0.892. The second-order valence-corrected chi connectivity index (χ2v) is 8.28. The highest BCUT2D eigenvalue weighted by molar-refractivity contribution is 5.87. The molecule has 0 heterocycles. The van der Waals surface area contributed by atoms with Gasteiger partial charge >= 0.3 is 5.97 Å². The van der Waals surface area contributed by atoms with E-state index in [1.165, 1.54) is 11.1 Å². The molecule has 0 bridgehead atoms. The molecule has 1 atom stereocenters. The number of rotatable bonds is 4. The van der Waals surface area contributed by atoms with E-state index in [1.807, 2.05) is 12.1 Å². The van der Waals surface area contributed by atoms with Crippen LogP contribution < -0.4 is 5.32 Å². The van der Waals surface area contributed by atoms with Gasteiger partial charge in [-0.05, 0) is 57.7 Å². The molecular formula is C22H27NO2. The Morgan fingerprint density at radius 3 is 2.20 bits per heavy atom. The summed E-state index contributed by atoms with van der Waals surface area (Å²) in [5.74, 6) is -0.314. The van der Waals surface area contributed by atoms with Crippen molar-refractivity contribution in [1.82, 2.24) is 0 Å². The Bertz CT molecular complexity index is 803. The zero-order chi connectivity index (χ0) is 18.4. The minimum Gasteiger partial charge on any atom is -0.478 e. The van der Waals surface area contributed by atoms with Gasteiger partial charge in [-0.25, -0.2) is 4.79 Å². The molecule has 0 fully saturated rings. The van der Waals surface area contributed by atoms with Gasteiger partial charge in [0.1, 0.15) is 0 Å². The van der Waals surface area contributed by atoms with Gasteiger partial charge in [0.15, 0.2) is 0 Å². The fourth-order valence-electron chi connectivity index (χ4n) is 4.09. The largest absolute Gasteiger partial charge is 0.478 e.